The molecule has 0 spiro atoms. The summed E-state index contributed by atoms with van der Waals surface area (Å²) in [6, 6.07) is -1.61. The Hall–Kier alpha value is -13.2. The minimum Gasteiger partial charge on any atom is -0.508 e. The van der Waals surface area contributed by atoms with Crippen molar-refractivity contribution in [2.24, 2.45) is 29.0 Å². The molecule has 21 N–H and O–H groups in total. The number of fused-ring (bicyclic) bond motifs is 4. The number of nitrogens with zero attached hydrogens (tertiary/aromatic N) is 6. The van der Waals surface area contributed by atoms with Gasteiger partial charge in [-0.15, -0.1) is 23.1 Å². The Kier molecular flexibility index (Phi) is 41.3. The van der Waals surface area contributed by atoms with Crippen molar-refractivity contribution < 1.29 is 101 Å². The third kappa shape index (κ3) is 30.6. The molecule has 2 unspecified atom stereocenters. The zero-order valence-corrected chi connectivity index (χ0v) is 79.5. The highest BCUT2D eigenvalue weighted by Gasteiger charge is 2.53. The number of para-hydroxylation sites is 1. The van der Waals surface area contributed by atoms with E-state index in [4.69, 9.17) is 22.6 Å². The molecule has 0 aliphatic carbocycles. The second-order valence-electron chi connectivity index (χ2n) is 35.3. The molecule has 6 aromatic rings. The zero-order valence-electron chi connectivity index (χ0n) is 77.9. The second kappa shape index (κ2) is 51.8. The molecule has 0 bridgehead atoms. The van der Waals surface area contributed by atoms with E-state index in [9.17, 15) is 53.4 Å². The summed E-state index contributed by atoms with van der Waals surface area (Å²) in [7, 11) is 3.84. The Morgan fingerprint density at radius 2 is 1.22 bits per heavy atom. The van der Waals surface area contributed by atoms with Crippen molar-refractivity contribution in [3.05, 3.63) is 119 Å². The van der Waals surface area contributed by atoms with Crippen LogP contribution in [0.5, 0.6) is 5.75 Å². The first-order valence-electron chi connectivity index (χ1n) is 45.7. The van der Waals surface area contributed by atoms with Gasteiger partial charge in [0.25, 0.3) is 5.92 Å². The van der Waals surface area contributed by atoms with E-state index in [0.29, 0.717) is 63.6 Å². The number of carbonyl (C=O) groups is 17. The number of carbonyl (C=O) groups excluding carboxylic acids is 17. The number of likely N-dealkylation sites (N-methyl/N-ethyl adjacent to an activating group) is 3. The van der Waals surface area contributed by atoms with Crippen LogP contribution in [0.1, 0.15) is 154 Å². The molecule has 3 aliphatic heterocycles. The first-order chi connectivity index (χ1) is 65.1. The molecule has 41 nitrogen and oxygen atoms in total. The van der Waals surface area contributed by atoms with Gasteiger partial charge < -0.3 is 115 Å². The number of nitrogens with one attached hydrogen (secondary N) is 13. The van der Waals surface area contributed by atoms with Crippen molar-refractivity contribution in [3.8, 4) is 5.75 Å². The van der Waals surface area contributed by atoms with Crippen molar-refractivity contribution in [1.29, 1.82) is 5.41 Å². The Labute approximate surface area is 806 Å². The van der Waals surface area contributed by atoms with Gasteiger partial charge in [0.05, 0.1) is 44.2 Å². The summed E-state index contributed by atoms with van der Waals surface area (Å²) in [6.45, 7) is 4.97. The van der Waals surface area contributed by atoms with Gasteiger partial charge in [0, 0.05) is 112 Å². The largest absolute Gasteiger partial charge is 0.508 e. The Balaban J connectivity index is 0.0000234. The number of amides is 16. The molecule has 752 valence electrons. The number of Topliss-reactive ketones (excluding diaryl/α,β-unsaturated/α-hetero) is 1. The van der Waals surface area contributed by atoms with Gasteiger partial charge in [-0.05, 0) is 116 Å². The molecular formula is C93H130F2N22O19S2. The zero-order chi connectivity index (χ0) is 100. The van der Waals surface area contributed by atoms with Crippen molar-refractivity contribution in [2.75, 3.05) is 65.4 Å². The maximum atomic E-state index is 16.1. The number of aliphatic hydroxyl groups excluding tert-OH is 1. The number of aromatic nitrogens is 3. The van der Waals surface area contributed by atoms with E-state index in [1.54, 1.807) is 55.8 Å². The molecule has 3 saturated heterocycles. The average molecular weight is 1960 g/mol. The number of phenols is 1. The number of aromatic amines is 2. The van der Waals surface area contributed by atoms with Crippen molar-refractivity contribution in [3.63, 3.8) is 0 Å². The molecule has 45 heteroatoms. The third-order valence-corrected chi connectivity index (χ3v) is 26.5. The molecule has 0 radical (unpaired) electrons. The lowest BCUT2D eigenvalue weighted by atomic mass is 9.90. The number of unbranched alkanes of at least 4 members (excludes halogenated alkanes) is 2. The van der Waals surface area contributed by atoms with Gasteiger partial charge in [-0.1, -0.05) is 109 Å². The summed E-state index contributed by atoms with van der Waals surface area (Å²) < 4.78 is 33.0. The number of halogens is 2. The number of nitrogens with two attached hydrogens (primary N) is 3. The number of rotatable bonds is 26. The van der Waals surface area contributed by atoms with Crippen LogP contribution in [-0.4, -0.2) is 306 Å². The number of ketones is 1. The molecule has 14 atom stereocenters. The number of alkyl halides is 2. The van der Waals surface area contributed by atoms with Crippen LogP contribution in [0.25, 0.3) is 21.0 Å². The molecule has 16 amide bonds. The molecule has 9 rings (SSSR count). The summed E-state index contributed by atoms with van der Waals surface area (Å²) in [4.78, 5) is 266. The maximum absolute atomic E-state index is 16.1. The number of guanidine groups is 1. The number of thiophene rings is 1. The molecule has 3 aromatic heterocycles. The van der Waals surface area contributed by atoms with Crippen LogP contribution >= 0.6 is 23.1 Å². The van der Waals surface area contributed by atoms with Gasteiger partial charge in [-0.3, -0.25) is 86.9 Å². The van der Waals surface area contributed by atoms with E-state index in [-0.39, 0.29) is 102 Å². The lowest BCUT2D eigenvalue weighted by Gasteiger charge is -2.36. The highest BCUT2D eigenvalue weighted by molar-refractivity contribution is 8.00. The Bertz CT molecular complexity index is 5320. The SMILES string of the molecule is C.CCCCC1C(=O)N(C)[C@@H](CCCC)C(=O)N[C@@H](CCCNC(=N)N)C(=O)N[C@H](C(=O)NCC(N)=O)CSCC(=O)N[C@@H](Cc2ccc(O)cc2)C(=O)N(C)[C@@H](C)C(=O)N[C@@H](CC(N)=O)C(=O)N2CC(F)(F)CC2C(=O)N[C@@H](Cc2cnc[nH]2)C(=O)N[C@@H](CC(C)C)C(=O)N2CCC[C@H]2C(=O)C[C@@H](Cc2c[nH]c3ccccc23)C(=O)N[C@@H](CO)C(=O)N[C@@H](Cc2csc3ccccc23)C(=O)N1C. The number of thioether (sulfide) groups is 1. The van der Waals surface area contributed by atoms with Crippen LogP contribution < -0.4 is 70.4 Å². The predicted molar refractivity (Wildman–Crippen MR) is 510 cm³/mol. The first kappa shape index (κ1) is 110. The Morgan fingerprint density at radius 1 is 0.609 bits per heavy atom. The monoisotopic (exact) mass is 1960 g/mol. The summed E-state index contributed by atoms with van der Waals surface area (Å²) in [6.07, 6.45) is 1.61. The van der Waals surface area contributed by atoms with Crippen LogP contribution in [0.15, 0.2) is 96.9 Å². The number of phenolic OH excluding ortho intramolecular Hbond substituents is 1. The van der Waals surface area contributed by atoms with Crippen LogP contribution in [0.4, 0.5) is 8.78 Å². The number of hydrogen-bond acceptors (Lipinski definition) is 23. The van der Waals surface area contributed by atoms with E-state index in [1.165, 1.54) is 74.0 Å². The van der Waals surface area contributed by atoms with Crippen molar-refractivity contribution >= 4 is 150 Å². The molecule has 0 saturated carbocycles. The quantitative estimate of drug-likeness (QED) is 0.0203. The third-order valence-electron chi connectivity index (χ3n) is 24.5. The van der Waals surface area contributed by atoms with E-state index >= 15 is 47.1 Å². The number of H-pyrrole nitrogens is 2. The molecule has 138 heavy (non-hydrogen) atoms. The lowest BCUT2D eigenvalue weighted by Crippen LogP contribution is -2.61. The van der Waals surface area contributed by atoms with Gasteiger partial charge in [-0.2, -0.15) is 0 Å². The number of benzene rings is 3. The van der Waals surface area contributed by atoms with Crippen molar-refractivity contribution in [1.82, 2.24) is 92.6 Å². The van der Waals surface area contributed by atoms with E-state index in [2.05, 4.69) is 68.1 Å². The molecular weight excluding hydrogens is 1830 g/mol. The second-order valence-corrected chi connectivity index (χ2v) is 37.3. The van der Waals surface area contributed by atoms with E-state index in [1.807, 2.05) is 32.0 Å². The van der Waals surface area contributed by atoms with Gasteiger partial charge >= 0.3 is 0 Å². The summed E-state index contributed by atoms with van der Waals surface area (Å²) in [5.41, 5.74) is 19.0. The van der Waals surface area contributed by atoms with Crippen LogP contribution in [0.2, 0.25) is 0 Å². The summed E-state index contributed by atoms with van der Waals surface area (Å²) in [5, 5.41) is 58.3. The maximum Gasteiger partial charge on any atom is 0.267 e. The minimum absolute atomic E-state index is 0. The summed E-state index contributed by atoms with van der Waals surface area (Å²) in [5.74, 6) is -24.3. The standard InChI is InChI=1S/C92H126F2N22O19S2.CH4/c1-9-11-23-70-84(129)105-61(22-17-31-100-91(97)98)81(126)111-68(80(125)102-43-76(96)121)46-136-47-77(122)104-64(34-52-27-29-57(118)30-28-52)86(131)112(6)51(5)78(123)107-66(39-75(95)120)89(134)116-48-92(93,94)40-72(116)85(130)106-62(38-56-42-99-49-103-56)82(127)108-63(33-50(3)4)88(133)115-32-18-25-69(115)73(119)37-53(35-54-41-101-60-21-15-13-19-58(54)60)79(124)110-67(44-117)83(128)109-65(36-55-45-137-74-26-16-14-20-59(55)74)87(132)114(8)71(24-12-10-2)90(135)113(70)7;/h13-16,19-21,26-30,41-42,45,49-51,53,61-72,101,117-118H,9-12,17-18,22-25,31-40,43-44,46-48H2,1-8H3,(H2,95,120)(H2,96,121)(H,99,103)(H,102,125)(H,104,122)(H,105,129)(H,106,130)(H,107,123)(H,108,127)(H,109,128)(H,110,124)(H,111,126)(H4,97,98,100);1H4/t51-,53+,61-,62-,63-,64-,65-,66-,67-,68-,69-,70-,71?,72?;/m0./s1. The molecule has 3 aromatic carbocycles. The highest BCUT2D eigenvalue weighted by Crippen LogP contribution is 2.35. The normalized spacial score (nSPS) is 24.3. The van der Waals surface area contributed by atoms with Gasteiger partial charge in [0.2, 0.25) is 94.5 Å². The fraction of sp³-hybridized carbons (Fsp3) is 0.538. The van der Waals surface area contributed by atoms with E-state index < -0.39 is 254 Å². The fourth-order valence-electron chi connectivity index (χ4n) is 16.9. The number of primary amides is 2. The number of imidazole rings is 1. The number of aliphatic hydroxyl groups is 1. The molecule has 3 aliphatic rings. The lowest BCUT2D eigenvalue weighted by molar-refractivity contribution is -0.149. The van der Waals surface area contributed by atoms with Gasteiger partial charge in [0.1, 0.15) is 78.3 Å². The average Bonchev–Trinajstić information content (AvgIpc) is 1.64. The first-order valence-corrected chi connectivity index (χ1v) is 47.7. The number of aromatic hydroxyl groups is 1. The predicted octanol–water partition coefficient (Wildman–Crippen LogP) is 0.806. The molecule has 3 fully saturated rings. The number of hydrogen-bond donors (Lipinski definition) is 18. The van der Waals surface area contributed by atoms with Gasteiger partial charge in [-0.25, -0.2) is 13.8 Å². The van der Waals surface area contributed by atoms with Crippen molar-refractivity contribution in [2.45, 2.75) is 242 Å². The fourth-order valence-corrected chi connectivity index (χ4v) is 18.8. The van der Waals surface area contributed by atoms with Crippen LogP contribution in [0.3, 0.4) is 0 Å². The minimum atomic E-state index is -3.85. The van der Waals surface area contributed by atoms with Crippen LogP contribution in [-0.2, 0) is 107 Å². The Morgan fingerprint density at radius 3 is 1.88 bits per heavy atom. The topological polar surface area (TPSA) is 614 Å². The van der Waals surface area contributed by atoms with Crippen LogP contribution in [0, 0.1) is 17.2 Å². The highest BCUT2D eigenvalue weighted by atomic mass is 32.2. The van der Waals surface area contributed by atoms with E-state index in [0.717, 1.165) is 38.2 Å². The van der Waals surface area contributed by atoms with Gasteiger partial charge in [0.15, 0.2) is 11.7 Å². The molecule has 6 heterocycles. The smallest absolute Gasteiger partial charge is 0.267 e. The summed E-state index contributed by atoms with van der Waals surface area (Å²) >= 11 is 2.07.